The lowest BCUT2D eigenvalue weighted by molar-refractivity contribution is 0.188. The molecule has 0 aromatic carbocycles. The molecule has 0 unspecified atom stereocenters. The standard InChI is InChI=1S/C12H20N4O.C2H6/c1-10-9-11(2)14-12(13-10)16-5-3-15(4-6-16)7-8-17;1-2/h9,17H,3-8H2,1-2H3;1-2H3. The third-order valence-corrected chi connectivity index (χ3v) is 3.04. The fourth-order valence-electron chi connectivity index (χ4n) is 2.16. The maximum Gasteiger partial charge on any atom is 0.225 e. The van der Waals surface area contributed by atoms with Gasteiger partial charge in [0.15, 0.2) is 0 Å². The number of aliphatic hydroxyl groups is 1. The zero-order chi connectivity index (χ0) is 14.3. The van der Waals surface area contributed by atoms with Crippen molar-refractivity contribution < 1.29 is 5.11 Å². The van der Waals surface area contributed by atoms with Crippen LogP contribution in [0.2, 0.25) is 0 Å². The summed E-state index contributed by atoms with van der Waals surface area (Å²) in [5.74, 6) is 0.839. The minimum Gasteiger partial charge on any atom is -0.395 e. The van der Waals surface area contributed by atoms with Gasteiger partial charge in [-0.05, 0) is 19.9 Å². The van der Waals surface area contributed by atoms with Gasteiger partial charge in [-0.3, -0.25) is 4.90 Å². The summed E-state index contributed by atoms with van der Waals surface area (Å²) in [6, 6.07) is 1.99. The van der Waals surface area contributed by atoms with Crippen molar-refractivity contribution >= 4 is 5.95 Å². The molecule has 1 saturated heterocycles. The Kier molecular flexibility index (Phi) is 6.73. The first-order valence-corrected chi connectivity index (χ1v) is 7.09. The first-order chi connectivity index (χ1) is 9.19. The SMILES string of the molecule is CC.Cc1cc(C)nc(N2CCN(CCO)CC2)n1. The number of hydrogen-bond acceptors (Lipinski definition) is 5. The van der Waals surface area contributed by atoms with Crippen LogP contribution in [0.4, 0.5) is 5.95 Å². The largest absolute Gasteiger partial charge is 0.395 e. The Morgan fingerprint density at radius 1 is 1.05 bits per heavy atom. The fraction of sp³-hybridized carbons (Fsp3) is 0.714. The second kappa shape index (κ2) is 8.07. The van der Waals surface area contributed by atoms with Crippen molar-refractivity contribution in [2.24, 2.45) is 0 Å². The highest BCUT2D eigenvalue weighted by atomic mass is 16.3. The van der Waals surface area contributed by atoms with Crippen LogP contribution < -0.4 is 4.90 Å². The van der Waals surface area contributed by atoms with Crippen LogP contribution in [-0.4, -0.2) is 59.3 Å². The summed E-state index contributed by atoms with van der Waals surface area (Å²) < 4.78 is 0. The van der Waals surface area contributed by atoms with E-state index in [4.69, 9.17) is 5.11 Å². The number of aryl methyl sites for hydroxylation is 2. The summed E-state index contributed by atoms with van der Waals surface area (Å²) in [4.78, 5) is 13.4. The number of aromatic nitrogens is 2. The van der Waals surface area contributed by atoms with Crippen LogP contribution in [0.25, 0.3) is 0 Å². The van der Waals surface area contributed by atoms with Gasteiger partial charge in [-0.15, -0.1) is 0 Å². The van der Waals surface area contributed by atoms with Crippen molar-refractivity contribution in [1.82, 2.24) is 14.9 Å². The quantitative estimate of drug-likeness (QED) is 0.892. The van der Waals surface area contributed by atoms with Crippen molar-refractivity contribution in [2.45, 2.75) is 27.7 Å². The first kappa shape index (κ1) is 15.9. The minimum absolute atomic E-state index is 0.236. The molecule has 1 N–H and O–H groups in total. The molecule has 0 bridgehead atoms. The van der Waals surface area contributed by atoms with Crippen molar-refractivity contribution in [3.63, 3.8) is 0 Å². The molecule has 2 rings (SSSR count). The van der Waals surface area contributed by atoms with Crippen LogP contribution in [-0.2, 0) is 0 Å². The summed E-state index contributed by atoms with van der Waals surface area (Å²) in [6.45, 7) is 12.8. The molecular formula is C14H26N4O. The van der Waals surface area contributed by atoms with Gasteiger partial charge in [-0.2, -0.15) is 0 Å². The molecule has 1 aliphatic heterocycles. The van der Waals surface area contributed by atoms with E-state index in [9.17, 15) is 0 Å². The Labute approximate surface area is 116 Å². The Balaban J connectivity index is 0.000000861. The molecule has 108 valence electrons. The molecule has 5 heteroatoms. The smallest absolute Gasteiger partial charge is 0.225 e. The molecule has 0 atom stereocenters. The normalized spacial score (nSPS) is 15.9. The first-order valence-electron chi connectivity index (χ1n) is 7.09. The summed E-state index contributed by atoms with van der Waals surface area (Å²) in [7, 11) is 0. The second-order valence-corrected chi connectivity index (χ2v) is 4.50. The second-order valence-electron chi connectivity index (χ2n) is 4.50. The van der Waals surface area contributed by atoms with E-state index in [1.54, 1.807) is 0 Å². The van der Waals surface area contributed by atoms with Crippen LogP contribution in [0.5, 0.6) is 0 Å². The number of piperazine rings is 1. The van der Waals surface area contributed by atoms with Crippen molar-refractivity contribution in [2.75, 3.05) is 44.2 Å². The number of rotatable bonds is 3. The van der Waals surface area contributed by atoms with Gasteiger partial charge < -0.3 is 10.0 Å². The van der Waals surface area contributed by atoms with Gasteiger partial charge in [0.2, 0.25) is 5.95 Å². The predicted octanol–water partition coefficient (Wildman–Crippen LogP) is 1.23. The van der Waals surface area contributed by atoms with Gasteiger partial charge in [-0.1, -0.05) is 13.8 Å². The number of nitrogens with zero attached hydrogens (tertiary/aromatic N) is 4. The summed E-state index contributed by atoms with van der Waals surface area (Å²) >= 11 is 0. The lowest BCUT2D eigenvalue weighted by atomic mass is 10.3. The van der Waals surface area contributed by atoms with Gasteiger partial charge in [0.25, 0.3) is 0 Å². The molecule has 1 fully saturated rings. The van der Waals surface area contributed by atoms with Crippen LogP contribution >= 0.6 is 0 Å². The molecule has 1 aliphatic rings. The van der Waals surface area contributed by atoms with Gasteiger partial charge in [0.05, 0.1) is 6.61 Å². The maximum atomic E-state index is 8.89. The molecule has 0 saturated carbocycles. The molecule has 19 heavy (non-hydrogen) atoms. The molecule has 1 aromatic rings. The third-order valence-electron chi connectivity index (χ3n) is 3.04. The summed E-state index contributed by atoms with van der Waals surface area (Å²) in [6.07, 6.45) is 0. The Morgan fingerprint density at radius 2 is 1.58 bits per heavy atom. The van der Waals surface area contributed by atoms with E-state index in [1.807, 2.05) is 33.8 Å². The van der Waals surface area contributed by atoms with E-state index in [0.717, 1.165) is 50.1 Å². The number of β-amino-alcohol motifs (C(OH)–C–C–N with tert-alkyl or cyclic N) is 1. The van der Waals surface area contributed by atoms with Gasteiger partial charge in [-0.25, -0.2) is 9.97 Å². The molecule has 0 aliphatic carbocycles. The van der Waals surface area contributed by atoms with Crippen LogP contribution in [0.15, 0.2) is 6.07 Å². The van der Waals surface area contributed by atoms with Crippen LogP contribution in [0.1, 0.15) is 25.2 Å². The predicted molar refractivity (Wildman–Crippen MR) is 78.6 cm³/mol. The van der Waals surface area contributed by atoms with Crippen LogP contribution in [0.3, 0.4) is 0 Å². The van der Waals surface area contributed by atoms with Crippen LogP contribution in [0, 0.1) is 13.8 Å². The zero-order valence-electron chi connectivity index (χ0n) is 12.6. The highest BCUT2D eigenvalue weighted by Gasteiger charge is 2.18. The maximum absolute atomic E-state index is 8.89. The fourth-order valence-corrected chi connectivity index (χ4v) is 2.16. The third kappa shape index (κ3) is 4.76. The molecule has 2 heterocycles. The summed E-state index contributed by atoms with van der Waals surface area (Å²) in [5, 5.41) is 8.89. The highest BCUT2D eigenvalue weighted by Crippen LogP contribution is 2.12. The molecule has 0 amide bonds. The molecule has 0 spiro atoms. The average molecular weight is 266 g/mol. The van der Waals surface area contributed by atoms with E-state index in [0.29, 0.717) is 0 Å². The summed E-state index contributed by atoms with van der Waals surface area (Å²) in [5.41, 5.74) is 2.04. The molecule has 5 nitrogen and oxygen atoms in total. The Hall–Kier alpha value is -1.20. The number of aliphatic hydroxyl groups excluding tert-OH is 1. The van der Waals surface area contributed by atoms with E-state index in [2.05, 4.69) is 19.8 Å². The van der Waals surface area contributed by atoms with E-state index < -0.39 is 0 Å². The monoisotopic (exact) mass is 266 g/mol. The number of anilines is 1. The lowest BCUT2D eigenvalue weighted by Gasteiger charge is -2.34. The van der Waals surface area contributed by atoms with E-state index in [-0.39, 0.29) is 6.61 Å². The Bertz CT molecular complexity index is 355. The van der Waals surface area contributed by atoms with Gasteiger partial charge in [0, 0.05) is 44.1 Å². The number of hydrogen-bond donors (Lipinski definition) is 1. The molecular weight excluding hydrogens is 240 g/mol. The van der Waals surface area contributed by atoms with Crippen molar-refractivity contribution in [3.05, 3.63) is 17.5 Å². The van der Waals surface area contributed by atoms with Crippen molar-refractivity contribution in [1.29, 1.82) is 0 Å². The van der Waals surface area contributed by atoms with E-state index in [1.165, 1.54) is 0 Å². The highest BCUT2D eigenvalue weighted by molar-refractivity contribution is 5.32. The molecule has 1 aromatic heterocycles. The zero-order valence-corrected chi connectivity index (χ0v) is 12.6. The van der Waals surface area contributed by atoms with E-state index >= 15 is 0 Å². The lowest BCUT2D eigenvalue weighted by Crippen LogP contribution is -2.47. The minimum atomic E-state index is 0.236. The van der Waals surface area contributed by atoms with Gasteiger partial charge >= 0.3 is 0 Å². The van der Waals surface area contributed by atoms with Gasteiger partial charge in [0.1, 0.15) is 0 Å². The average Bonchev–Trinajstić information content (AvgIpc) is 2.41. The topological polar surface area (TPSA) is 52.5 Å². The molecule has 0 radical (unpaired) electrons. The van der Waals surface area contributed by atoms with Crippen molar-refractivity contribution in [3.8, 4) is 0 Å². The Morgan fingerprint density at radius 3 is 2.05 bits per heavy atom.